The number of nitrogens with one attached hydrogen (secondary N) is 1. The number of carbonyl (C=O) groups excluding carboxylic acids is 1. The van der Waals surface area contributed by atoms with Gasteiger partial charge in [0.2, 0.25) is 15.9 Å². The maximum atomic E-state index is 13.3. The van der Waals surface area contributed by atoms with Crippen molar-refractivity contribution in [2.24, 2.45) is 0 Å². The molecule has 0 heterocycles. The molecular weight excluding hydrogens is 465 g/mol. The van der Waals surface area contributed by atoms with Crippen LogP contribution in [0.2, 0.25) is 5.02 Å². The lowest BCUT2D eigenvalue weighted by Gasteiger charge is -2.30. The second kappa shape index (κ2) is 9.31. The van der Waals surface area contributed by atoms with Crippen molar-refractivity contribution >= 4 is 33.2 Å². The molecule has 2 rings (SSSR count). The average molecular weight is 491 g/mol. The predicted octanol–water partition coefficient (Wildman–Crippen LogP) is 5.32. The van der Waals surface area contributed by atoms with E-state index in [2.05, 4.69) is 5.32 Å². The molecule has 176 valence electrons. The summed E-state index contributed by atoms with van der Waals surface area (Å²) in [4.78, 5) is 12.9. The minimum atomic E-state index is -4.78. The molecule has 5 nitrogen and oxygen atoms in total. The molecule has 10 heteroatoms. The Morgan fingerprint density at radius 2 is 1.59 bits per heavy atom. The van der Waals surface area contributed by atoms with E-state index in [4.69, 9.17) is 11.6 Å². The second-order valence-electron chi connectivity index (χ2n) is 7.92. The maximum Gasteiger partial charge on any atom is 0.417 e. The van der Waals surface area contributed by atoms with Gasteiger partial charge in [-0.3, -0.25) is 9.10 Å². The fraction of sp³-hybridized carbons (Fsp3) is 0.409. The van der Waals surface area contributed by atoms with Crippen LogP contribution in [0.1, 0.15) is 47.7 Å². The molecule has 2 aromatic carbocycles. The van der Waals surface area contributed by atoms with E-state index in [-0.39, 0.29) is 5.69 Å². The lowest BCUT2D eigenvalue weighted by Crippen LogP contribution is -2.48. The molecule has 0 aliphatic carbocycles. The van der Waals surface area contributed by atoms with Crippen molar-refractivity contribution in [2.45, 2.75) is 52.9 Å². The van der Waals surface area contributed by atoms with Gasteiger partial charge in [0.25, 0.3) is 0 Å². The fourth-order valence-corrected chi connectivity index (χ4v) is 4.93. The fourth-order valence-electron chi connectivity index (χ4n) is 3.54. The van der Waals surface area contributed by atoms with Gasteiger partial charge in [-0.2, -0.15) is 13.2 Å². The summed E-state index contributed by atoms with van der Waals surface area (Å²) in [7, 11) is -4.10. The Hall–Kier alpha value is -2.26. The van der Waals surface area contributed by atoms with E-state index in [0.717, 1.165) is 40.6 Å². The SMILES string of the molecule is Cc1cc(C)c([C@H](C)NC(=O)[C@H](C)N(c2ccc(Cl)c(C(F)(F)F)c2)S(C)(=O)=O)cc1C. The van der Waals surface area contributed by atoms with Crippen LogP contribution in [0.25, 0.3) is 0 Å². The molecule has 2 aromatic rings. The van der Waals surface area contributed by atoms with Crippen molar-refractivity contribution in [1.29, 1.82) is 0 Å². The van der Waals surface area contributed by atoms with Crippen LogP contribution >= 0.6 is 11.6 Å². The average Bonchev–Trinajstić information content (AvgIpc) is 2.63. The molecule has 0 aliphatic heterocycles. The molecular formula is C22H26ClF3N2O3S. The first-order valence-corrected chi connectivity index (χ1v) is 12.0. The molecule has 32 heavy (non-hydrogen) atoms. The summed E-state index contributed by atoms with van der Waals surface area (Å²) in [5.41, 5.74) is 2.48. The lowest BCUT2D eigenvalue weighted by atomic mass is 9.96. The highest BCUT2D eigenvalue weighted by Crippen LogP contribution is 2.37. The largest absolute Gasteiger partial charge is 0.417 e. The van der Waals surface area contributed by atoms with Crippen molar-refractivity contribution in [3.05, 3.63) is 63.2 Å². The molecule has 1 N–H and O–H groups in total. The predicted molar refractivity (Wildman–Crippen MR) is 120 cm³/mol. The van der Waals surface area contributed by atoms with Crippen molar-refractivity contribution in [3.63, 3.8) is 0 Å². The zero-order valence-corrected chi connectivity index (χ0v) is 20.2. The van der Waals surface area contributed by atoms with Crippen LogP contribution in [0, 0.1) is 20.8 Å². The molecule has 0 spiro atoms. The van der Waals surface area contributed by atoms with Gasteiger partial charge in [0.1, 0.15) is 6.04 Å². The van der Waals surface area contributed by atoms with E-state index in [1.807, 2.05) is 32.9 Å². The summed E-state index contributed by atoms with van der Waals surface area (Å²) in [6.45, 7) is 8.90. The van der Waals surface area contributed by atoms with Gasteiger partial charge in [0, 0.05) is 0 Å². The van der Waals surface area contributed by atoms with Gasteiger partial charge in [-0.25, -0.2) is 8.42 Å². The van der Waals surface area contributed by atoms with E-state index in [9.17, 15) is 26.4 Å². The number of sulfonamides is 1. The lowest BCUT2D eigenvalue weighted by molar-refractivity contribution is -0.137. The molecule has 0 bridgehead atoms. The third kappa shape index (κ3) is 5.75. The highest BCUT2D eigenvalue weighted by Gasteiger charge is 2.36. The molecule has 0 saturated carbocycles. The number of anilines is 1. The number of hydrogen-bond donors (Lipinski definition) is 1. The Balaban J connectivity index is 2.40. The highest BCUT2D eigenvalue weighted by atomic mass is 35.5. The molecule has 0 saturated heterocycles. The minimum absolute atomic E-state index is 0.304. The van der Waals surface area contributed by atoms with Crippen molar-refractivity contribution < 1.29 is 26.4 Å². The molecule has 0 radical (unpaired) electrons. The number of rotatable bonds is 6. The molecule has 0 unspecified atom stereocenters. The van der Waals surface area contributed by atoms with Crippen LogP contribution in [0.5, 0.6) is 0 Å². The van der Waals surface area contributed by atoms with Crippen molar-refractivity contribution in [1.82, 2.24) is 5.32 Å². The third-order valence-corrected chi connectivity index (χ3v) is 6.88. The number of carbonyl (C=O) groups is 1. The van der Waals surface area contributed by atoms with Gasteiger partial charge in [-0.15, -0.1) is 0 Å². The molecule has 1 amide bonds. The minimum Gasteiger partial charge on any atom is -0.348 e. The number of aryl methyl sites for hydroxylation is 3. The standard InChI is InChI=1S/C22H26ClF3N2O3S/c1-12-9-14(3)18(10-13(12)2)15(4)27-21(29)16(5)28(32(6,30)31)17-7-8-20(23)19(11-17)22(24,25)26/h7-11,15-16H,1-6H3,(H,27,29)/t15-,16-/m0/s1. The number of hydrogen-bond acceptors (Lipinski definition) is 3. The van der Waals surface area contributed by atoms with E-state index < -0.39 is 44.8 Å². The van der Waals surface area contributed by atoms with E-state index >= 15 is 0 Å². The van der Waals surface area contributed by atoms with Crippen LogP contribution in [0.4, 0.5) is 18.9 Å². The van der Waals surface area contributed by atoms with Gasteiger partial charge < -0.3 is 5.32 Å². The first-order chi connectivity index (χ1) is 14.5. The summed E-state index contributed by atoms with van der Waals surface area (Å²) in [6, 6.07) is 4.92. The van der Waals surface area contributed by atoms with Gasteiger partial charge >= 0.3 is 6.18 Å². The number of halogens is 4. The summed E-state index contributed by atoms with van der Waals surface area (Å²) >= 11 is 5.65. The van der Waals surface area contributed by atoms with E-state index in [1.54, 1.807) is 6.92 Å². The number of alkyl halides is 3. The normalized spacial score (nSPS) is 14.1. The van der Waals surface area contributed by atoms with Crippen molar-refractivity contribution in [3.8, 4) is 0 Å². The monoisotopic (exact) mass is 490 g/mol. The molecule has 0 fully saturated rings. The van der Waals surface area contributed by atoms with Gasteiger partial charge in [-0.05, 0) is 75.1 Å². The second-order valence-corrected chi connectivity index (χ2v) is 10.2. The highest BCUT2D eigenvalue weighted by molar-refractivity contribution is 7.92. The van der Waals surface area contributed by atoms with Gasteiger partial charge in [-0.1, -0.05) is 23.7 Å². The van der Waals surface area contributed by atoms with Gasteiger partial charge in [0.15, 0.2) is 0 Å². The van der Waals surface area contributed by atoms with E-state index in [1.165, 1.54) is 6.92 Å². The molecule has 2 atom stereocenters. The summed E-state index contributed by atoms with van der Waals surface area (Å²) < 4.78 is 65.4. The topological polar surface area (TPSA) is 66.5 Å². The number of amides is 1. The smallest absolute Gasteiger partial charge is 0.348 e. The zero-order valence-electron chi connectivity index (χ0n) is 18.6. The number of nitrogens with zero attached hydrogens (tertiary/aromatic N) is 1. The van der Waals surface area contributed by atoms with Crippen LogP contribution in [-0.2, 0) is 21.0 Å². The first kappa shape index (κ1) is 26.0. The Morgan fingerprint density at radius 3 is 2.12 bits per heavy atom. The van der Waals surface area contributed by atoms with Crippen LogP contribution < -0.4 is 9.62 Å². The first-order valence-electron chi connectivity index (χ1n) is 9.78. The maximum absolute atomic E-state index is 13.3. The zero-order chi connectivity index (χ0) is 24.6. The molecule has 0 aromatic heterocycles. The Morgan fingerprint density at radius 1 is 1.03 bits per heavy atom. The summed E-state index contributed by atoms with van der Waals surface area (Å²) in [5, 5.41) is 2.20. The Bertz CT molecular complexity index is 1130. The van der Waals surface area contributed by atoms with Crippen molar-refractivity contribution in [2.75, 3.05) is 10.6 Å². The van der Waals surface area contributed by atoms with Crippen LogP contribution in [0.3, 0.4) is 0 Å². The third-order valence-electron chi connectivity index (χ3n) is 5.31. The van der Waals surface area contributed by atoms with Gasteiger partial charge in [0.05, 0.1) is 28.6 Å². The summed E-state index contributed by atoms with van der Waals surface area (Å²) in [6.07, 6.45) is -3.95. The van der Waals surface area contributed by atoms with E-state index in [0.29, 0.717) is 10.4 Å². The van der Waals surface area contributed by atoms with Crippen LogP contribution in [-0.4, -0.2) is 26.6 Å². The summed E-state index contributed by atoms with van der Waals surface area (Å²) in [5.74, 6) is -0.649. The Labute approximate surface area is 191 Å². The number of benzene rings is 2. The Kier molecular flexibility index (Phi) is 7.56. The molecule has 0 aliphatic rings. The van der Waals surface area contributed by atoms with Crippen LogP contribution in [0.15, 0.2) is 30.3 Å². The quantitative estimate of drug-likeness (QED) is 0.596.